The highest BCUT2D eigenvalue weighted by molar-refractivity contribution is 8.00. The molecule has 0 aliphatic heterocycles. The smallest absolute Gasteiger partial charge is 0.313 e. The number of hydrogen-bond donors (Lipinski definition) is 2. The molecule has 1 heterocycles. The lowest BCUT2D eigenvalue weighted by Crippen LogP contribution is -2.15. The highest BCUT2D eigenvalue weighted by Crippen LogP contribution is 2.28. The summed E-state index contributed by atoms with van der Waals surface area (Å²) >= 11 is 7.08. The maximum absolute atomic E-state index is 11.7. The Balaban J connectivity index is 2.12. The second-order valence-electron chi connectivity index (χ2n) is 3.93. The maximum Gasteiger partial charge on any atom is 0.313 e. The van der Waals surface area contributed by atoms with Crippen molar-refractivity contribution in [2.45, 2.75) is 0 Å². The Morgan fingerprint density at radius 1 is 1.30 bits per heavy atom. The normalized spacial score (nSPS) is 10.4. The van der Waals surface area contributed by atoms with Crippen LogP contribution in [0.2, 0.25) is 5.02 Å². The van der Waals surface area contributed by atoms with Gasteiger partial charge in [0.15, 0.2) is 0 Å². The maximum atomic E-state index is 11.7. The van der Waals surface area contributed by atoms with Crippen LogP contribution < -0.4 is 5.32 Å². The molecule has 104 valence electrons. The van der Waals surface area contributed by atoms with Crippen molar-refractivity contribution in [1.82, 2.24) is 4.98 Å². The molecule has 1 aromatic heterocycles. The van der Waals surface area contributed by atoms with E-state index in [2.05, 4.69) is 10.3 Å². The number of benzene rings is 1. The van der Waals surface area contributed by atoms with E-state index in [4.69, 9.17) is 16.7 Å². The number of aliphatic carboxylic acids is 1. The predicted molar refractivity (Wildman–Crippen MR) is 80.3 cm³/mol. The van der Waals surface area contributed by atoms with E-state index >= 15 is 0 Å². The van der Waals surface area contributed by atoms with Crippen molar-refractivity contribution in [2.75, 3.05) is 16.8 Å². The highest BCUT2D eigenvalue weighted by Gasteiger charge is 2.09. The summed E-state index contributed by atoms with van der Waals surface area (Å²) < 4.78 is 0. The van der Waals surface area contributed by atoms with Gasteiger partial charge in [-0.3, -0.25) is 14.6 Å². The Labute approximate surface area is 124 Å². The molecule has 2 aromatic rings. The number of carboxylic acid groups (broad SMARTS) is 1. The number of anilines is 1. The quantitative estimate of drug-likeness (QED) is 0.887. The van der Waals surface area contributed by atoms with Crippen LogP contribution in [0.3, 0.4) is 0 Å². The molecule has 0 atom stereocenters. The van der Waals surface area contributed by atoms with E-state index in [-0.39, 0.29) is 17.4 Å². The lowest BCUT2D eigenvalue weighted by Gasteiger charge is -2.08. The Morgan fingerprint density at radius 3 is 2.85 bits per heavy atom. The summed E-state index contributed by atoms with van der Waals surface area (Å²) in [5, 5.41) is 12.5. The van der Waals surface area contributed by atoms with E-state index in [0.717, 1.165) is 17.1 Å². The zero-order valence-corrected chi connectivity index (χ0v) is 11.9. The molecule has 0 aliphatic carbocycles. The van der Waals surface area contributed by atoms with Gasteiger partial charge >= 0.3 is 5.97 Å². The lowest BCUT2D eigenvalue weighted by molar-refractivity contribution is -0.133. The fraction of sp³-hybridized carbons (Fsp3) is 0.154. The zero-order chi connectivity index (χ0) is 14.5. The number of hydrogen-bond acceptors (Lipinski definition) is 4. The van der Waals surface area contributed by atoms with Gasteiger partial charge < -0.3 is 10.4 Å². The first-order valence-corrected chi connectivity index (χ1v) is 7.24. The molecule has 0 fully saturated rings. The third-order valence-electron chi connectivity index (χ3n) is 2.45. The molecule has 20 heavy (non-hydrogen) atoms. The van der Waals surface area contributed by atoms with E-state index < -0.39 is 5.97 Å². The van der Waals surface area contributed by atoms with Crippen LogP contribution in [-0.2, 0) is 9.59 Å². The van der Waals surface area contributed by atoms with Gasteiger partial charge in [0.1, 0.15) is 0 Å². The molecule has 1 amide bonds. The van der Waals surface area contributed by atoms with E-state index in [1.54, 1.807) is 24.4 Å². The van der Waals surface area contributed by atoms with Crippen LogP contribution in [0.1, 0.15) is 0 Å². The van der Waals surface area contributed by atoms with Crippen molar-refractivity contribution in [1.29, 1.82) is 0 Å². The molecule has 0 bridgehead atoms. The van der Waals surface area contributed by atoms with Crippen molar-refractivity contribution >= 4 is 51.8 Å². The molecule has 7 heteroatoms. The van der Waals surface area contributed by atoms with Crippen LogP contribution in [0, 0.1) is 0 Å². The first-order valence-electron chi connectivity index (χ1n) is 5.70. The number of nitrogens with one attached hydrogen (secondary N) is 1. The summed E-state index contributed by atoms with van der Waals surface area (Å²) in [6, 6.07) is 6.94. The molecule has 0 saturated heterocycles. The first kappa shape index (κ1) is 14.6. The number of amides is 1. The van der Waals surface area contributed by atoms with Crippen molar-refractivity contribution in [3.05, 3.63) is 35.5 Å². The summed E-state index contributed by atoms with van der Waals surface area (Å²) in [4.78, 5) is 26.3. The number of pyridine rings is 1. The summed E-state index contributed by atoms with van der Waals surface area (Å²) in [5.74, 6) is -1.22. The minimum Gasteiger partial charge on any atom is -0.481 e. The van der Waals surface area contributed by atoms with Gasteiger partial charge in [0.05, 0.1) is 27.7 Å². The third kappa shape index (κ3) is 3.61. The van der Waals surface area contributed by atoms with Crippen LogP contribution in [-0.4, -0.2) is 33.5 Å². The van der Waals surface area contributed by atoms with Crippen LogP contribution in [0.15, 0.2) is 30.5 Å². The average Bonchev–Trinajstić information content (AvgIpc) is 2.42. The van der Waals surface area contributed by atoms with Crippen LogP contribution in [0.5, 0.6) is 0 Å². The molecule has 0 spiro atoms. The summed E-state index contributed by atoms with van der Waals surface area (Å²) in [7, 11) is 0. The van der Waals surface area contributed by atoms with Crippen molar-refractivity contribution < 1.29 is 14.7 Å². The second-order valence-corrected chi connectivity index (χ2v) is 5.32. The zero-order valence-electron chi connectivity index (χ0n) is 10.3. The molecule has 2 rings (SSSR count). The van der Waals surface area contributed by atoms with Crippen LogP contribution in [0.25, 0.3) is 10.9 Å². The van der Waals surface area contributed by atoms with Gasteiger partial charge in [-0.2, -0.15) is 0 Å². The molecule has 0 unspecified atom stereocenters. The van der Waals surface area contributed by atoms with Gasteiger partial charge in [-0.1, -0.05) is 11.6 Å². The van der Waals surface area contributed by atoms with Gasteiger partial charge in [-0.25, -0.2) is 0 Å². The van der Waals surface area contributed by atoms with Crippen molar-refractivity contribution in [2.24, 2.45) is 0 Å². The van der Waals surface area contributed by atoms with E-state index in [1.807, 2.05) is 6.07 Å². The second kappa shape index (κ2) is 6.58. The molecule has 1 aromatic carbocycles. The Hall–Kier alpha value is -1.79. The Kier molecular flexibility index (Phi) is 4.81. The minimum absolute atomic E-state index is 0.0800. The average molecular weight is 311 g/mol. The number of fused-ring (bicyclic) bond motifs is 1. The predicted octanol–water partition coefficient (Wildman–Crippen LogP) is 2.64. The number of rotatable bonds is 5. The first-order chi connectivity index (χ1) is 9.58. The van der Waals surface area contributed by atoms with E-state index in [9.17, 15) is 9.59 Å². The monoisotopic (exact) mass is 310 g/mol. The van der Waals surface area contributed by atoms with Gasteiger partial charge in [0.2, 0.25) is 5.91 Å². The molecule has 0 saturated carbocycles. The standard InChI is InChI=1S/C13H11ClN2O3S/c14-9-3-4-10(8-2-1-5-15-13(8)9)16-11(17)6-20-7-12(18)19/h1-5H,6-7H2,(H,16,17)(H,18,19). The number of nitrogens with zero attached hydrogens (tertiary/aromatic N) is 1. The van der Waals surface area contributed by atoms with Gasteiger partial charge in [-0.15, -0.1) is 11.8 Å². The lowest BCUT2D eigenvalue weighted by atomic mass is 10.2. The number of carboxylic acids is 1. The highest BCUT2D eigenvalue weighted by atomic mass is 35.5. The molecule has 2 N–H and O–H groups in total. The van der Waals surface area contributed by atoms with Crippen molar-refractivity contribution in [3.63, 3.8) is 0 Å². The summed E-state index contributed by atoms with van der Waals surface area (Å²) in [5.41, 5.74) is 1.23. The molecular formula is C13H11ClN2O3S. The summed E-state index contributed by atoms with van der Waals surface area (Å²) in [6.45, 7) is 0. The SMILES string of the molecule is O=C(O)CSCC(=O)Nc1ccc(Cl)c2ncccc12. The van der Waals surface area contributed by atoms with Gasteiger partial charge in [-0.05, 0) is 24.3 Å². The van der Waals surface area contributed by atoms with Gasteiger partial charge in [0.25, 0.3) is 0 Å². The Bertz CT molecular complexity index is 663. The fourth-order valence-corrected chi connectivity index (χ4v) is 2.41. The third-order valence-corrected chi connectivity index (χ3v) is 3.68. The minimum atomic E-state index is -0.941. The van der Waals surface area contributed by atoms with Gasteiger partial charge in [0, 0.05) is 11.6 Å². The van der Waals surface area contributed by atoms with Crippen molar-refractivity contribution in [3.8, 4) is 0 Å². The van der Waals surface area contributed by atoms with Crippen LogP contribution in [0.4, 0.5) is 5.69 Å². The summed E-state index contributed by atoms with van der Waals surface area (Å²) in [6.07, 6.45) is 1.63. The van der Waals surface area contributed by atoms with Crippen LogP contribution >= 0.6 is 23.4 Å². The molecule has 0 aliphatic rings. The van der Waals surface area contributed by atoms with E-state index in [0.29, 0.717) is 16.2 Å². The molecule has 0 radical (unpaired) electrons. The number of carbonyl (C=O) groups is 2. The number of carbonyl (C=O) groups excluding carboxylic acids is 1. The Morgan fingerprint density at radius 2 is 2.10 bits per heavy atom. The molecule has 5 nitrogen and oxygen atoms in total. The number of thioether (sulfide) groups is 1. The fourth-order valence-electron chi connectivity index (χ4n) is 1.66. The molecular weight excluding hydrogens is 300 g/mol. The van der Waals surface area contributed by atoms with E-state index in [1.165, 1.54) is 0 Å². The largest absolute Gasteiger partial charge is 0.481 e. The topological polar surface area (TPSA) is 79.3 Å². The number of aromatic nitrogens is 1. The number of halogens is 1.